The molecular formula is C13H7F3N2. The molecule has 0 spiro atoms. The second-order valence-corrected chi connectivity index (χ2v) is 3.82. The molecule has 90 valence electrons. The molecule has 1 aromatic carbocycles. The van der Waals surface area contributed by atoms with Crippen molar-refractivity contribution in [1.82, 2.24) is 9.97 Å². The van der Waals surface area contributed by atoms with Gasteiger partial charge in [0.1, 0.15) is 0 Å². The number of aromatic amines is 1. The number of rotatable bonds is 1. The van der Waals surface area contributed by atoms with Gasteiger partial charge in [-0.2, -0.15) is 0 Å². The van der Waals surface area contributed by atoms with Crippen LogP contribution >= 0.6 is 0 Å². The van der Waals surface area contributed by atoms with Gasteiger partial charge in [0.25, 0.3) is 0 Å². The van der Waals surface area contributed by atoms with Crippen LogP contribution in [0.3, 0.4) is 0 Å². The first kappa shape index (κ1) is 10.8. The molecule has 3 aromatic rings. The van der Waals surface area contributed by atoms with E-state index in [2.05, 4.69) is 9.97 Å². The summed E-state index contributed by atoms with van der Waals surface area (Å²) in [6, 6.07) is 5.59. The second-order valence-electron chi connectivity index (χ2n) is 3.82. The fraction of sp³-hybridized carbons (Fsp3) is 0. The third kappa shape index (κ3) is 1.48. The van der Waals surface area contributed by atoms with Gasteiger partial charge in [-0.15, -0.1) is 0 Å². The third-order valence-corrected chi connectivity index (χ3v) is 2.76. The minimum Gasteiger partial charge on any atom is -0.359 e. The molecule has 0 amide bonds. The monoisotopic (exact) mass is 248 g/mol. The Bertz CT molecular complexity index is 734. The standard InChI is InChI=1S/C13H7F3N2/c14-9-4-3-7(11(15)12(9)16)8-6-18-10-2-1-5-17-13(8)10/h1-6,18H. The number of hydrogen-bond donors (Lipinski definition) is 1. The Hall–Kier alpha value is -2.30. The van der Waals surface area contributed by atoms with Crippen molar-refractivity contribution < 1.29 is 13.2 Å². The number of aromatic nitrogens is 2. The number of halogens is 3. The van der Waals surface area contributed by atoms with Gasteiger partial charge in [-0.05, 0) is 24.3 Å². The van der Waals surface area contributed by atoms with Crippen molar-refractivity contribution in [3.63, 3.8) is 0 Å². The van der Waals surface area contributed by atoms with Crippen LogP contribution in [0.4, 0.5) is 13.2 Å². The van der Waals surface area contributed by atoms with Gasteiger partial charge in [-0.3, -0.25) is 4.98 Å². The number of fused-ring (bicyclic) bond motifs is 1. The summed E-state index contributed by atoms with van der Waals surface area (Å²) in [5.74, 6) is -3.89. The van der Waals surface area contributed by atoms with Gasteiger partial charge < -0.3 is 4.98 Å². The van der Waals surface area contributed by atoms with Crippen LogP contribution < -0.4 is 0 Å². The predicted molar refractivity (Wildman–Crippen MR) is 61.4 cm³/mol. The molecule has 0 saturated carbocycles. The average Bonchev–Trinajstić information content (AvgIpc) is 2.80. The van der Waals surface area contributed by atoms with E-state index in [4.69, 9.17) is 0 Å². The molecule has 5 heteroatoms. The maximum absolute atomic E-state index is 13.7. The van der Waals surface area contributed by atoms with Crippen molar-refractivity contribution in [3.8, 4) is 11.1 Å². The Labute approximate surface area is 100 Å². The summed E-state index contributed by atoms with van der Waals surface area (Å²) in [7, 11) is 0. The zero-order chi connectivity index (χ0) is 12.7. The van der Waals surface area contributed by atoms with Crippen molar-refractivity contribution in [2.24, 2.45) is 0 Å². The summed E-state index contributed by atoms with van der Waals surface area (Å²) < 4.78 is 39.8. The Balaban J connectivity index is 2.30. The van der Waals surface area contributed by atoms with Crippen molar-refractivity contribution in [3.05, 3.63) is 54.1 Å². The number of benzene rings is 1. The second kappa shape index (κ2) is 3.87. The molecule has 0 atom stereocenters. The number of H-pyrrole nitrogens is 1. The van der Waals surface area contributed by atoms with Crippen molar-refractivity contribution in [2.75, 3.05) is 0 Å². The molecule has 18 heavy (non-hydrogen) atoms. The molecular weight excluding hydrogens is 241 g/mol. The van der Waals surface area contributed by atoms with Gasteiger partial charge in [-0.1, -0.05) is 0 Å². The zero-order valence-corrected chi connectivity index (χ0v) is 9.05. The maximum atomic E-state index is 13.7. The van der Waals surface area contributed by atoms with E-state index in [-0.39, 0.29) is 5.56 Å². The molecule has 0 unspecified atom stereocenters. The van der Waals surface area contributed by atoms with Gasteiger partial charge in [0.15, 0.2) is 17.5 Å². The van der Waals surface area contributed by atoms with Gasteiger partial charge in [0.05, 0.1) is 11.0 Å². The van der Waals surface area contributed by atoms with E-state index in [1.54, 1.807) is 18.3 Å². The van der Waals surface area contributed by atoms with Crippen LogP contribution in [0.1, 0.15) is 0 Å². The Morgan fingerprint density at radius 3 is 2.61 bits per heavy atom. The highest BCUT2D eigenvalue weighted by atomic mass is 19.2. The molecule has 0 bridgehead atoms. The highest BCUT2D eigenvalue weighted by molar-refractivity contribution is 5.92. The molecule has 0 saturated heterocycles. The summed E-state index contributed by atoms with van der Waals surface area (Å²) >= 11 is 0. The van der Waals surface area contributed by atoms with Crippen LogP contribution in [-0.2, 0) is 0 Å². The van der Waals surface area contributed by atoms with Crippen molar-refractivity contribution in [1.29, 1.82) is 0 Å². The molecule has 2 aromatic heterocycles. The van der Waals surface area contributed by atoms with E-state index in [9.17, 15) is 13.2 Å². The molecule has 0 radical (unpaired) electrons. The third-order valence-electron chi connectivity index (χ3n) is 2.76. The van der Waals surface area contributed by atoms with Crippen molar-refractivity contribution in [2.45, 2.75) is 0 Å². The number of hydrogen-bond acceptors (Lipinski definition) is 1. The van der Waals surface area contributed by atoms with E-state index in [1.807, 2.05) is 0 Å². The van der Waals surface area contributed by atoms with Gasteiger partial charge in [-0.25, -0.2) is 13.2 Å². The van der Waals surface area contributed by atoms with E-state index in [0.29, 0.717) is 16.6 Å². The molecule has 2 heterocycles. The highest BCUT2D eigenvalue weighted by Gasteiger charge is 2.17. The minimum absolute atomic E-state index is 0.0150. The first-order chi connectivity index (χ1) is 8.68. The summed E-state index contributed by atoms with van der Waals surface area (Å²) in [5.41, 5.74) is 1.61. The lowest BCUT2D eigenvalue weighted by Crippen LogP contribution is -1.93. The first-order valence-electron chi connectivity index (χ1n) is 5.24. The van der Waals surface area contributed by atoms with E-state index in [1.165, 1.54) is 12.3 Å². The van der Waals surface area contributed by atoms with Crippen LogP contribution in [0, 0.1) is 17.5 Å². The number of nitrogens with one attached hydrogen (secondary N) is 1. The summed E-state index contributed by atoms with van der Waals surface area (Å²) in [6.45, 7) is 0. The zero-order valence-electron chi connectivity index (χ0n) is 9.05. The van der Waals surface area contributed by atoms with E-state index in [0.717, 1.165) is 6.07 Å². The fourth-order valence-corrected chi connectivity index (χ4v) is 1.89. The van der Waals surface area contributed by atoms with Crippen LogP contribution in [-0.4, -0.2) is 9.97 Å². The molecule has 0 aliphatic carbocycles. The number of pyridine rings is 1. The summed E-state index contributed by atoms with van der Waals surface area (Å²) in [4.78, 5) is 7.00. The predicted octanol–water partition coefficient (Wildman–Crippen LogP) is 3.65. The van der Waals surface area contributed by atoms with Crippen LogP contribution in [0.25, 0.3) is 22.2 Å². The lowest BCUT2D eigenvalue weighted by Gasteiger charge is -2.03. The Morgan fingerprint density at radius 2 is 1.78 bits per heavy atom. The van der Waals surface area contributed by atoms with Crippen LogP contribution in [0.15, 0.2) is 36.7 Å². The molecule has 2 nitrogen and oxygen atoms in total. The smallest absolute Gasteiger partial charge is 0.195 e. The fourth-order valence-electron chi connectivity index (χ4n) is 1.89. The molecule has 0 aliphatic rings. The first-order valence-corrected chi connectivity index (χ1v) is 5.24. The quantitative estimate of drug-likeness (QED) is 0.654. The normalized spacial score (nSPS) is 11.1. The Morgan fingerprint density at radius 1 is 0.944 bits per heavy atom. The minimum atomic E-state index is -1.47. The molecule has 3 rings (SSSR count). The van der Waals surface area contributed by atoms with Gasteiger partial charge in [0.2, 0.25) is 0 Å². The summed E-state index contributed by atoms with van der Waals surface area (Å²) in [5, 5.41) is 0. The molecule has 0 aliphatic heterocycles. The SMILES string of the molecule is Fc1ccc(-c2c[nH]c3cccnc23)c(F)c1F. The van der Waals surface area contributed by atoms with Gasteiger partial charge in [0, 0.05) is 23.5 Å². The van der Waals surface area contributed by atoms with Crippen LogP contribution in [0.5, 0.6) is 0 Å². The summed E-state index contributed by atoms with van der Waals surface area (Å²) in [6.07, 6.45) is 3.07. The highest BCUT2D eigenvalue weighted by Crippen LogP contribution is 2.30. The van der Waals surface area contributed by atoms with E-state index >= 15 is 0 Å². The maximum Gasteiger partial charge on any atom is 0.195 e. The topological polar surface area (TPSA) is 28.7 Å². The largest absolute Gasteiger partial charge is 0.359 e. The van der Waals surface area contributed by atoms with Crippen molar-refractivity contribution >= 4 is 11.0 Å². The average molecular weight is 248 g/mol. The van der Waals surface area contributed by atoms with Gasteiger partial charge >= 0.3 is 0 Å². The van der Waals surface area contributed by atoms with Crippen LogP contribution in [0.2, 0.25) is 0 Å². The number of nitrogens with zero attached hydrogens (tertiary/aromatic N) is 1. The molecule has 0 fully saturated rings. The Kier molecular flexibility index (Phi) is 2.33. The lowest BCUT2D eigenvalue weighted by molar-refractivity contribution is 0.449. The van der Waals surface area contributed by atoms with E-state index < -0.39 is 17.5 Å². The molecule has 1 N–H and O–H groups in total. The lowest BCUT2D eigenvalue weighted by atomic mass is 10.1.